The maximum atomic E-state index is 5.69. The van der Waals surface area contributed by atoms with Crippen LogP contribution in [0.4, 0.5) is 5.69 Å². The van der Waals surface area contributed by atoms with Crippen molar-refractivity contribution in [1.82, 2.24) is 0 Å². The monoisotopic (exact) mass is 220 g/mol. The van der Waals surface area contributed by atoms with Crippen LogP contribution in [0.5, 0.6) is 5.75 Å². The quantitative estimate of drug-likeness (QED) is 0.822. The average Bonchev–Trinajstić information content (AvgIpc) is 2.52. The Hall–Kier alpha value is -1.22. The summed E-state index contributed by atoms with van der Waals surface area (Å²) in [5.74, 6) is 1.52. The first kappa shape index (κ1) is 11.3. The van der Waals surface area contributed by atoms with E-state index in [2.05, 4.69) is 17.4 Å². The normalized spacial score (nSPS) is 19.5. The molecule has 1 aliphatic rings. The van der Waals surface area contributed by atoms with E-state index in [-0.39, 0.29) is 0 Å². The minimum absolute atomic E-state index is 0.574. The van der Waals surface area contributed by atoms with Crippen molar-refractivity contribution in [1.29, 1.82) is 0 Å². The molecule has 1 aromatic carbocycles. The summed E-state index contributed by atoms with van der Waals surface area (Å²) >= 11 is 0. The van der Waals surface area contributed by atoms with Crippen LogP contribution < -0.4 is 15.8 Å². The van der Waals surface area contributed by atoms with Crippen molar-refractivity contribution in [2.75, 3.05) is 25.5 Å². The van der Waals surface area contributed by atoms with Gasteiger partial charge in [-0.3, -0.25) is 0 Å². The molecular weight excluding hydrogens is 200 g/mol. The zero-order valence-electron chi connectivity index (χ0n) is 9.83. The summed E-state index contributed by atoms with van der Waals surface area (Å²) in [4.78, 5) is 0. The highest BCUT2D eigenvalue weighted by Gasteiger charge is 2.20. The highest BCUT2D eigenvalue weighted by Crippen LogP contribution is 2.38. The van der Waals surface area contributed by atoms with E-state index >= 15 is 0 Å². The van der Waals surface area contributed by atoms with E-state index < -0.39 is 0 Å². The predicted octanol–water partition coefficient (Wildman–Crippen LogP) is 2.33. The number of fused-ring (bicyclic) bond motifs is 1. The minimum atomic E-state index is 0.574. The second kappa shape index (κ2) is 5.21. The van der Waals surface area contributed by atoms with Crippen LogP contribution in [0.15, 0.2) is 18.2 Å². The Bertz CT molecular complexity index is 352. The maximum absolute atomic E-state index is 5.69. The summed E-state index contributed by atoms with van der Waals surface area (Å²) in [5.41, 5.74) is 8.22. The lowest BCUT2D eigenvalue weighted by atomic mass is 9.91. The van der Waals surface area contributed by atoms with Crippen LogP contribution in [0.3, 0.4) is 0 Å². The average molecular weight is 220 g/mol. The molecule has 1 unspecified atom stereocenters. The number of para-hydroxylation sites is 1. The third kappa shape index (κ3) is 2.14. The summed E-state index contributed by atoms with van der Waals surface area (Å²) in [7, 11) is 1.72. The summed E-state index contributed by atoms with van der Waals surface area (Å²) < 4.78 is 5.40. The zero-order valence-corrected chi connectivity index (χ0v) is 9.83. The molecule has 0 radical (unpaired) electrons. The number of ether oxygens (including phenoxy) is 1. The van der Waals surface area contributed by atoms with Gasteiger partial charge in [0.2, 0.25) is 0 Å². The molecule has 1 aliphatic heterocycles. The molecule has 3 heteroatoms. The second-order valence-electron chi connectivity index (χ2n) is 4.27. The number of anilines is 1. The van der Waals surface area contributed by atoms with Gasteiger partial charge in [-0.05, 0) is 43.4 Å². The molecule has 0 saturated heterocycles. The van der Waals surface area contributed by atoms with Gasteiger partial charge in [0, 0.05) is 6.54 Å². The fourth-order valence-electron chi connectivity index (χ4n) is 2.47. The summed E-state index contributed by atoms with van der Waals surface area (Å²) in [6, 6.07) is 6.27. The third-order valence-corrected chi connectivity index (χ3v) is 3.26. The smallest absolute Gasteiger partial charge is 0.142 e. The number of nitrogens with one attached hydrogen (secondary N) is 1. The number of hydrogen-bond donors (Lipinski definition) is 2. The Morgan fingerprint density at radius 1 is 1.50 bits per heavy atom. The largest absolute Gasteiger partial charge is 0.495 e. The topological polar surface area (TPSA) is 47.3 Å². The van der Waals surface area contributed by atoms with Crippen molar-refractivity contribution < 1.29 is 4.74 Å². The molecule has 0 spiro atoms. The molecule has 1 aromatic rings. The van der Waals surface area contributed by atoms with Gasteiger partial charge in [-0.25, -0.2) is 0 Å². The van der Waals surface area contributed by atoms with Gasteiger partial charge in [-0.1, -0.05) is 12.1 Å². The van der Waals surface area contributed by atoms with E-state index in [0.717, 1.165) is 25.3 Å². The van der Waals surface area contributed by atoms with Gasteiger partial charge in [0.1, 0.15) is 5.75 Å². The van der Waals surface area contributed by atoms with Crippen molar-refractivity contribution in [2.45, 2.75) is 25.2 Å². The standard InChI is InChI=1S/C13H20N2O/c1-16-12-6-2-5-11-10(7-8-14)4-3-9-15-13(11)12/h2,5-6,10,15H,3-4,7-9,14H2,1H3. The highest BCUT2D eigenvalue weighted by atomic mass is 16.5. The van der Waals surface area contributed by atoms with Gasteiger partial charge >= 0.3 is 0 Å². The van der Waals surface area contributed by atoms with Crippen molar-refractivity contribution in [3.05, 3.63) is 23.8 Å². The van der Waals surface area contributed by atoms with Gasteiger partial charge in [0.25, 0.3) is 0 Å². The van der Waals surface area contributed by atoms with Crippen molar-refractivity contribution >= 4 is 5.69 Å². The lowest BCUT2D eigenvalue weighted by Gasteiger charge is -2.18. The van der Waals surface area contributed by atoms with E-state index in [0.29, 0.717) is 5.92 Å². The molecule has 88 valence electrons. The van der Waals surface area contributed by atoms with E-state index in [1.54, 1.807) is 7.11 Å². The molecule has 3 N–H and O–H groups in total. The fraction of sp³-hybridized carbons (Fsp3) is 0.538. The van der Waals surface area contributed by atoms with Crippen LogP contribution in [0.25, 0.3) is 0 Å². The van der Waals surface area contributed by atoms with Crippen molar-refractivity contribution in [3.8, 4) is 5.75 Å². The van der Waals surface area contributed by atoms with Crippen LogP contribution in [-0.2, 0) is 0 Å². The van der Waals surface area contributed by atoms with E-state index in [1.165, 1.54) is 24.1 Å². The van der Waals surface area contributed by atoms with Crippen LogP contribution in [0, 0.1) is 0 Å². The predicted molar refractivity (Wildman–Crippen MR) is 67.1 cm³/mol. The fourth-order valence-corrected chi connectivity index (χ4v) is 2.47. The van der Waals surface area contributed by atoms with Gasteiger partial charge in [-0.2, -0.15) is 0 Å². The molecule has 0 aromatic heterocycles. The molecule has 16 heavy (non-hydrogen) atoms. The first-order valence-corrected chi connectivity index (χ1v) is 5.97. The number of methoxy groups -OCH3 is 1. The van der Waals surface area contributed by atoms with E-state index in [1.807, 2.05) is 6.07 Å². The van der Waals surface area contributed by atoms with Crippen LogP contribution in [0.2, 0.25) is 0 Å². The molecule has 2 rings (SSSR count). The van der Waals surface area contributed by atoms with Gasteiger partial charge < -0.3 is 15.8 Å². The van der Waals surface area contributed by atoms with Gasteiger partial charge in [0.15, 0.2) is 0 Å². The van der Waals surface area contributed by atoms with Crippen LogP contribution in [-0.4, -0.2) is 20.2 Å². The van der Waals surface area contributed by atoms with Crippen molar-refractivity contribution in [3.63, 3.8) is 0 Å². The molecule has 0 amide bonds. The number of nitrogens with two attached hydrogens (primary N) is 1. The van der Waals surface area contributed by atoms with Crippen LogP contribution >= 0.6 is 0 Å². The highest BCUT2D eigenvalue weighted by molar-refractivity contribution is 5.63. The second-order valence-corrected chi connectivity index (χ2v) is 4.27. The third-order valence-electron chi connectivity index (χ3n) is 3.26. The lowest BCUT2D eigenvalue weighted by molar-refractivity contribution is 0.416. The molecule has 1 atom stereocenters. The zero-order chi connectivity index (χ0) is 11.4. The molecule has 3 nitrogen and oxygen atoms in total. The summed E-state index contributed by atoms with van der Waals surface area (Å²) in [6.45, 7) is 1.77. The van der Waals surface area contributed by atoms with Gasteiger partial charge in [-0.15, -0.1) is 0 Å². The number of hydrogen-bond acceptors (Lipinski definition) is 3. The molecule has 0 aliphatic carbocycles. The Morgan fingerprint density at radius 3 is 3.12 bits per heavy atom. The Morgan fingerprint density at radius 2 is 2.38 bits per heavy atom. The van der Waals surface area contributed by atoms with Crippen molar-refractivity contribution in [2.24, 2.45) is 5.73 Å². The molecule has 0 saturated carbocycles. The maximum Gasteiger partial charge on any atom is 0.142 e. The Balaban J connectivity index is 2.37. The molecule has 0 fully saturated rings. The summed E-state index contributed by atoms with van der Waals surface area (Å²) in [6.07, 6.45) is 3.47. The van der Waals surface area contributed by atoms with Gasteiger partial charge in [0.05, 0.1) is 12.8 Å². The molecule has 1 heterocycles. The van der Waals surface area contributed by atoms with Crippen LogP contribution in [0.1, 0.15) is 30.7 Å². The summed E-state index contributed by atoms with van der Waals surface area (Å²) in [5, 5.41) is 3.47. The SMILES string of the molecule is COc1cccc2c1NCCCC2CCN. The lowest BCUT2D eigenvalue weighted by Crippen LogP contribution is -2.07. The van der Waals surface area contributed by atoms with E-state index in [9.17, 15) is 0 Å². The minimum Gasteiger partial charge on any atom is -0.495 e. The molecule has 0 bridgehead atoms. The Labute approximate surface area is 97.0 Å². The first-order chi connectivity index (χ1) is 7.86. The Kier molecular flexibility index (Phi) is 3.67. The molecular formula is C13H20N2O. The number of rotatable bonds is 3. The number of benzene rings is 1. The first-order valence-electron chi connectivity index (χ1n) is 5.97. The van der Waals surface area contributed by atoms with E-state index in [4.69, 9.17) is 10.5 Å².